The Morgan fingerprint density at radius 3 is 2.72 bits per heavy atom. The van der Waals surface area contributed by atoms with Crippen LogP contribution >= 0.6 is 22.9 Å². The summed E-state index contributed by atoms with van der Waals surface area (Å²) in [7, 11) is 0. The van der Waals surface area contributed by atoms with E-state index in [1.54, 1.807) is 12.4 Å². The van der Waals surface area contributed by atoms with Gasteiger partial charge in [-0.15, -0.1) is 11.3 Å². The Morgan fingerprint density at radius 1 is 1.12 bits per heavy atom. The zero-order chi connectivity index (χ0) is 17.6. The number of hydrogen-bond donors (Lipinski definition) is 2. The van der Waals surface area contributed by atoms with E-state index in [1.165, 1.54) is 11.3 Å². The third-order valence-corrected chi connectivity index (χ3v) is 5.27. The summed E-state index contributed by atoms with van der Waals surface area (Å²) >= 11 is 7.62. The van der Waals surface area contributed by atoms with Gasteiger partial charge in [0.2, 0.25) is 5.91 Å². The third-order valence-electron chi connectivity index (χ3n) is 3.59. The quantitative estimate of drug-likeness (QED) is 0.695. The van der Waals surface area contributed by atoms with Crippen molar-refractivity contribution in [2.75, 3.05) is 6.54 Å². The fraction of sp³-hybridized carbons (Fsp3) is 0.167. The lowest BCUT2D eigenvalue weighted by Gasteiger charge is -2.06. The minimum Gasteiger partial charge on any atom is -0.352 e. The predicted molar refractivity (Wildman–Crippen MR) is 99.9 cm³/mol. The highest BCUT2D eigenvalue weighted by Gasteiger charge is 2.16. The molecule has 3 aromatic rings. The van der Waals surface area contributed by atoms with Crippen LogP contribution in [0.15, 0.2) is 48.8 Å². The number of nitrogens with one attached hydrogen (secondary N) is 2. The SMILES string of the molecule is O=C(CCNC(=O)c1sc2ccccc2c1Cl)NCc1cccnc1. The molecule has 0 unspecified atom stereocenters. The van der Waals surface area contributed by atoms with Gasteiger partial charge >= 0.3 is 0 Å². The topological polar surface area (TPSA) is 71.1 Å². The molecule has 5 nitrogen and oxygen atoms in total. The molecular weight excluding hydrogens is 358 g/mol. The van der Waals surface area contributed by atoms with Gasteiger partial charge in [-0.1, -0.05) is 35.9 Å². The number of thiophene rings is 1. The number of pyridine rings is 1. The van der Waals surface area contributed by atoms with Crippen LogP contribution in [0.1, 0.15) is 21.7 Å². The maximum absolute atomic E-state index is 12.3. The van der Waals surface area contributed by atoms with Crippen LogP contribution in [0.2, 0.25) is 5.02 Å². The molecule has 25 heavy (non-hydrogen) atoms. The van der Waals surface area contributed by atoms with Crippen molar-refractivity contribution in [3.8, 4) is 0 Å². The maximum atomic E-state index is 12.3. The number of carbonyl (C=O) groups is 2. The third kappa shape index (κ3) is 4.35. The molecule has 0 aliphatic rings. The van der Waals surface area contributed by atoms with Crippen LogP contribution in [0.25, 0.3) is 10.1 Å². The number of carbonyl (C=O) groups excluding carboxylic acids is 2. The van der Waals surface area contributed by atoms with Crippen LogP contribution in [-0.4, -0.2) is 23.3 Å². The lowest BCUT2D eigenvalue weighted by molar-refractivity contribution is -0.121. The first-order valence-corrected chi connectivity index (χ1v) is 8.95. The van der Waals surface area contributed by atoms with Crippen molar-refractivity contribution in [2.24, 2.45) is 0 Å². The zero-order valence-electron chi connectivity index (χ0n) is 13.3. The molecule has 128 valence electrons. The largest absolute Gasteiger partial charge is 0.352 e. The molecule has 2 aromatic heterocycles. The molecule has 2 amide bonds. The number of benzene rings is 1. The van der Waals surface area contributed by atoms with Gasteiger partial charge in [0, 0.05) is 42.0 Å². The van der Waals surface area contributed by atoms with Gasteiger partial charge in [0.05, 0.1) is 5.02 Å². The Bertz CT molecular complexity index is 896. The summed E-state index contributed by atoms with van der Waals surface area (Å²) < 4.78 is 0.965. The Balaban J connectivity index is 1.48. The van der Waals surface area contributed by atoms with Crippen LogP contribution in [0, 0.1) is 0 Å². The molecule has 0 aliphatic heterocycles. The smallest absolute Gasteiger partial charge is 0.262 e. The molecule has 0 saturated carbocycles. The van der Waals surface area contributed by atoms with Gasteiger partial charge in [-0.2, -0.15) is 0 Å². The van der Waals surface area contributed by atoms with Gasteiger partial charge in [-0.25, -0.2) is 0 Å². The summed E-state index contributed by atoms with van der Waals surface area (Å²) in [5, 5.41) is 6.86. The van der Waals surface area contributed by atoms with E-state index in [0.717, 1.165) is 15.6 Å². The summed E-state index contributed by atoms with van der Waals surface area (Å²) in [6.07, 6.45) is 3.58. The van der Waals surface area contributed by atoms with Gasteiger partial charge in [0.1, 0.15) is 4.88 Å². The lowest BCUT2D eigenvalue weighted by Crippen LogP contribution is -2.30. The summed E-state index contributed by atoms with van der Waals surface area (Å²) in [6.45, 7) is 0.672. The van der Waals surface area contributed by atoms with Crippen LogP contribution < -0.4 is 10.6 Å². The van der Waals surface area contributed by atoms with Crippen LogP contribution in [-0.2, 0) is 11.3 Å². The first kappa shape index (κ1) is 17.4. The standard InChI is InChI=1S/C18H16ClN3O2S/c19-16-13-5-1-2-6-14(13)25-17(16)18(24)21-9-7-15(23)22-11-12-4-3-8-20-10-12/h1-6,8,10H,7,9,11H2,(H,21,24)(H,22,23). The first-order chi connectivity index (χ1) is 12.1. The molecule has 3 rings (SSSR count). The van der Waals surface area contributed by atoms with Gasteiger partial charge in [0.25, 0.3) is 5.91 Å². The second kappa shape index (κ2) is 8.09. The Morgan fingerprint density at radius 2 is 1.96 bits per heavy atom. The Hall–Kier alpha value is -2.44. The van der Waals surface area contributed by atoms with Crippen molar-refractivity contribution in [2.45, 2.75) is 13.0 Å². The molecule has 0 fully saturated rings. The zero-order valence-corrected chi connectivity index (χ0v) is 14.9. The number of rotatable bonds is 6. The Kier molecular flexibility index (Phi) is 5.63. The molecular formula is C18H16ClN3O2S. The fourth-order valence-corrected chi connectivity index (χ4v) is 3.76. The molecule has 2 heterocycles. The van der Waals surface area contributed by atoms with Gasteiger partial charge in [0.15, 0.2) is 0 Å². The van der Waals surface area contributed by atoms with Crippen LogP contribution in [0.4, 0.5) is 0 Å². The number of amides is 2. The Labute approximate surface area is 154 Å². The highest BCUT2D eigenvalue weighted by molar-refractivity contribution is 7.21. The van der Waals surface area contributed by atoms with Crippen molar-refractivity contribution >= 4 is 44.8 Å². The molecule has 0 bridgehead atoms. The minimum atomic E-state index is -0.258. The van der Waals surface area contributed by atoms with Gasteiger partial charge < -0.3 is 10.6 Å². The maximum Gasteiger partial charge on any atom is 0.262 e. The van der Waals surface area contributed by atoms with E-state index in [4.69, 9.17) is 11.6 Å². The molecule has 0 radical (unpaired) electrons. The van der Waals surface area contributed by atoms with Crippen molar-refractivity contribution in [1.29, 1.82) is 0 Å². The molecule has 7 heteroatoms. The van der Waals surface area contributed by atoms with E-state index < -0.39 is 0 Å². The summed E-state index contributed by atoms with van der Waals surface area (Å²) in [5.74, 6) is -0.391. The number of halogens is 1. The normalized spacial score (nSPS) is 10.6. The second-order valence-corrected chi connectivity index (χ2v) is 6.82. The van der Waals surface area contributed by atoms with Crippen LogP contribution in [0.3, 0.4) is 0 Å². The average molecular weight is 374 g/mol. The molecule has 0 saturated heterocycles. The summed E-state index contributed by atoms with van der Waals surface area (Å²) in [6, 6.07) is 11.3. The predicted octanol–water partition coefficient (Wildman–Crippen LogP) is 3.39. The van der Waals surface area contributed by atoms with Crippen molar-refractivity contribution in [1.82, 2.24) is 15.6 Å². The first-order valence-electron chi connectivity index (χ1n) is 7.76. The van der Waals surface area contributed by atoms with Gasteiger partial charge in [-0.05, 0) is 17.7 Å². The van der Waals surface area contributed by atoms with E-state index in [9.17, 15) is 9.59 Å². The highest BCUT2D eigenvalue weighted by atomic mass is 35.5. The lowest BCUT2D eigenvalue weighted by atomic mass is 10.2. The number of nitrogens with zero attached hydrogens (tertiary/aromatic N) is 1. The summed E-state index contributed by atoms with van der Waals surface area (Å²) in [4.78, 5) is 28.6. The number of aromatic nitrogens is 1. The number of hydrogen-bond acceptors (Lipinski definition) is 4. The highest BCUT2D eigenvalue weighted by Crippen LogP contribution is 2.34. The van der Waals surface area contributed by atoms with Crippen molar-refractivity contribution in [3.05, 3.63) is 64.3 Å². The number of fused-ring (bicyclic) bond motifs is 1. The van der Waals surface area contributed by atoms with Crippen molar-refractivity contribution < 1.29 is 9.59 Å². The molecule has 1 aromatic carbocycles. The van der Waals surface area contributed by atoms with E-state index in [2.05, 4.69) is 15.6 Å². The molecule has 2 N–H and O–H groups in total. The van der Waals surface area contributed by atoms with Crippen molar-refractivity contribution in [3.63, 3.8) is 0 Å². The van der Waals surface area contributed by atoms with E-state index in [1.807, 2.05) is 36.4 Å². The second-order valence-electron chi connectivity index (χ2n) is 5.39. The molecule has 0 atom stereocenters. The molecule has 0 spiro atoms. The van der Waals surface area contributed by atoms with Gasteiger partial charge in [-0.3, -0.25) is 14.6 Å². The van der Waals surface area contributed by atoms with E-state index >= 15 is 0 Å². The monoisotopic (exact) mass is 373 g/mol. The summed E-state index contributed by atoms with van der Waals surface area (Å²) in [5.41, 5.74) is 0.928. The fourth-order valence-electron chi connectivity index (χ4n) is 2.32. The minimum absolute atomic E-state index is 0.133. The molecule has 0 aliphatic carbocycles. The van der Waals surface area contributed by atoms with E-state index in [-0.39, 0.29) is 24.8 Å². The van der Waals surface area contributed by atoms with Crippen LogP contribution in [0.5, 0.6) is 0 Å². The average Bonchev–Trinajstić information content (AvgIpc) is 2.98. The van der Waals surface area contributed by atoms with E-state index in [0.29, 0.717) is 16.4 Å².